The first kappa shape index (κ1) is 53.2. The molecule has 396 valence electrons. The number of para-hydroxylation sites is 2. The molecule has 0 spiro atoms. The van der Waals surface area contributed by atoms with Crippen molar-refractivity contribution in [2.45, 2.75) is 170 Å². The summed E-state index contributed by atoms with van der Waals surface area (Å²) in [7, 11) is -2.10. The number of Topliss-reactive ketones (excluding diaryl/α,β-unsaturated/α-hetero) is 2. The number of thioether (sulfide) groups is 2. The summed E-state index contributed by atoms with van der Waals surface area (Å²) in [5.41, 5.74) is 1.56. The highest BCUT2D eigenvalue weighted by molar-refractivity contribution is 8.02. The van der Waals surface area contributed by atoms with Gasteiger partial charge in [0.1, 0.15) is 11.2 Å². The van der Waals surface area contributed by atoms with Crippen LogP contribution in [-0.4, -0.2) is 80.4 Å². The Morgan fingerprint density at radius 2 is 1.18 bits per heavy atom. The van der Waals surface area contributed by atoms with Gasteiger partial charge in [0.2, 0.25) is 0 Å². The lowest BCUT2D eigenvalue weighted by molar-refractivity contribution is -0.174. The zero-order chi connectivity index (χ0) is 52.4. The number of aliphatic hydroxyl groups excluding tert-OH is 1. The van der Waals surface area contributed by atoms with Crippen molar-refractivity contribution >= 4 is 98.1 Å². The number of aliphatic hydroxyl groups is 2. The fourth-order valence-corrected chi connectivity index (χ4v) is 23.5. The van der Waals surface area contributed by atoms with Crippen LogP contribution in [0.15, 0.2) is 80.5 Å². The Hall–Kier alpha value is -2.82. The summed E-state index contributed by atoms with van der Waals surface area (Å²) in [5, 5.41) is 23.9. The second kappa shape index (κ2) is 19.2. The highest BCUT2D eigenvalue weighted by Crippen LogP contribution is 2.71. The third-order valence-corrected chi connectivity index (χ3v) is 26.3. The van der Waals surface area contributed by atoms with Gasteiger partial charge < -0.3 is 14.6 Å². The molecule has 12 rings (SSSR count). The smallest absolute Gasteiger partial charge is 0.185 e. The maximum Gasteiger partial charge on any atom is 0.185 e. The van der Waals surface area contributed by atoms with E-state index in [2.05, 4.69) is 71.4 Å². The number of nitrogens with zero attached hydrogens (tertiary/aromatic N) is 2. The average molecular weight is 1090 g/mol. The molecule has 4 aromatic rings. The molecule has 9 nitrogen and oxygen atoms in total. The van der Waals surface area contributed by atoms with E-state index in [1.807, 2.05) is 48.6 Å². The van der Waals surface area contributed by atoms with E-state index in [0.29, 0.717) is 66.9 Å². The largest absolute Gasteiger partial charge is 0.405 e. The molecule has 8 aliphatic carbocycles. The van der Waals surface area contributed by atoms with Gasteiger partial charge in [0, 0.05) is 23.7 Å². The molecule has 2 heterocycles. The zero-order valence-corrected chi connectivity index (χ0v) is 48.9. The maximum atomic E-state index is 14.4. The van der Waals surface area contributed by atoms with Crippen LogP contribution in [0.5, 0.6) is 0 Å². The Morgan fingerprint density at radius 1 is 0.676 bits per heavy atom. The number of hydrogen-bond acceptors (Lipinski definition) is 13. The third-order valence-electron chi connectivity index (χ3n) is 21.0. The third kappa shape index (κ3) is 8.62. The molecule has 0 radical (unpaired) electrons. The van der Waals surface area contributed by atoms with Gasteiger partial charge in [-0.25, -0.2) is 9.97 Å². The van der Waals surface area contributed by atoms with Gasteiger partial charge in [-0.15, -0.1) is 22.7 Å². The first-order chi connectivity index (χ1) is 35.0. The summed E-state index contributed by atoms with van der Waals surface area (Å²) in [4.78, 5) is 61.9. The molecule has 10 unspecified atom stereocenters. The van der Waals surface area contributed by atoms with Gasteiger partial charge in [0.15, 0.2) is 40.1 Å². The highest BCUT2D eigenvalue weighted by Gasteiger charge is 2.70. The van der Waals surface area contributed by atoms with Crippen LogP contribution >= 0.6 is 46.2 Å². The highest BCUT2D eigenvalue weighted by atomic mass is 32.2. The number of thiazole rings is 2. The van der Waals surface area contributed by atoms with E-state index in [1.165, 1.54) is 34.7 Å². The molecule has 14 heteroatoms. The minimum atomic E-state index is -2.10. The predicted molar refractivity (Wildman–Crippen MR) is 302 cm³/mol. The Labute approximate surface area is 455 Å². The summed E-state index contributed by atoms with van der Waals surface area (Å²) < 4.78 is 11.1. The fraction of sp³-hybridized carbons (Fsp3) is 0.633. The van der Waals surface area contributed by atoms with E-state index in [4.69, 9.17) is 9.41 Å². The Bertz CT molecular complexity index is 2910. The number of carbonyl (C=O) groups is 4. The molecule has 14 atom stereocenters. The molecular weight excluding hydrogens is 1020 g/mol. The van der Waals surface area contributed by atoms with Crippen molar-refractivity contribution in [3.05, 3.63) is 71.8 Å². The summed E-state index contributed by atoms with van der Waals surface area (Å²) in [5.74, 6) is 3.89. The second-order valence-electron chi connectivity index (χ2n) is 25.9. The molecule has 8 aliphatic rings. The van der Waals surface area contributed by atoms with Gasteiger partial charge in [-0.1, -0.05) is 93.6 Å². The lowest BCUT2D eigenvalue weighted by Gasteiger charge is -2.61. The summed E-state index contributed by atoms with van der Waals surface area (Å²) in [6.45, 7) is 18.0. The van der Waals surface area contributed by atoms with Crippen LogP contribution in [0.25, 0.3) is 20.4 Å². The van der Waals surface area contributed by atoms with E-state index >= 15 is 0 Å². The molecule has 2 aromatic carbocycles. The zero-order valence-electron chi connectivity index (χ0n) is 44.7. The van der Waals surface area contributed by atoms with Crippen molar-refractivity contribution in [1.29, 1.82) is 0 Å². The lowest BCUT2D eigenvalue weighted by Crippen LogP contribution is -2.64. The van der Waals surface area contributed by atoms with Crippen molar-refractivity contribution in [3.8, 4) is 0 Å². The van der Waals surface area contributed by atoms with Crippen LogP contribution in [0.4, 0.5) is 0 Å². The van der Waals surface area contributed by atoms with Crippen molar-refractivity contribution in [3.63, 3.8) is 0 Å². The molecule has 2 aromatic heterocycles. The normalized spacial score (nSPS) is 39.4. The fourth-order valence-electron chi connectivity index (χ4n) is 17.9. The minimum Gasteiger partial charge on any atom is -0.405 e. The van der Waals surface area contributed by atoms with Crippen LogP contribution in [0.3, 0.4) is 0 Å². The summed E-state index contributed by atoms with van der Waals surface area (Å²) >= 11 is 6.26. The number of rotatable bonds is 10. The van der Waals surface area contributed by atoms with Crippen molar-refractivity contribution < 1.29 is 33.8 Å². The first-order valence-corrected chi connectivity index (χ1v) is 34.6. The number of carbonyl (C=O) groups excluding carboxylic acids is 4. The van der Waals surface area contributed by atoms with E-state index in [9.17, 15) is 29.4 Å². The monoisotopic (exact) mass is 1090 g/mol. The van der Waals surface area contributed by atoms with E-state index in [1.54, 1.807) is 22.7 Å². The molecule has 0 bridgehead atoms. The molecule has 2 N–H and O–H groups in total. The number of benzene rings is 2. The van der Waals surface area contributed by atoms with Gasteiger partial charge >= 0.3 is 0 Å². The summed E-state index contributed by atoms with van der Waals surface area (Å²) in [6.07, 6.45) is 14.9. The molecule has 0 amide bonds. The quantitative estimate of drug-likeness (QED) is 0.116. The topological polar surface area (TPSA) is 144 Å². The number of fused-ring (bicyclic) bond motifs is 12. The molecule has 0 aliphatic heterocycles. The second-order valence-corrected chi connectivity index (χ2v) is 34.8. The van der Waals surface area contributed by atoms with Crippen LogP contribution in [0.2, 0.25) is 19.6 Å². The van der Waals surface area contributed by atoms with Gasteiger partial charge in [0.05, 0.1) is 38.0 Å². The molecule has 6 fully saturated rings. The van der Waals surface area contributed by atoms with Gasteiger partial charge in [-0.2, -0.15) is 0 Å². The van der Waals surface area contributed by atoms with Crippen LogP contribution in [0, 0.1) is 63.1 Å². The molecule has 74 heavy (non-hydrogen) atoms. The minimum absolute atomic E-state index is 0.0247. The first-order valence-electron chi connectivity index (χ1n) is 27.6. The van der Waals surface area contributed by atoms with Crippen LogP contribution in [0.1, 0.15) is 125 Å². The van der Waals surface area contributed by atoms with E-state index in [-0.39, 0.29) is 51.0 Å². The number of aromatic nitrogens is 2. The van der Waals surface area contributed by atoms with E-state index in [0.717, 1.165) is 93.3 Å². The van der Waals surface area contributed by atoms with Crippen molar-refractivity contribution in [2.24, 2.45) is 63.1 Å². The van der Waals surface area contributed by atoms with Crippen molar-refractivity contribution in [2.75, 3.05) is 11.5 Å². The number of allylic oxidation sites excluding steroid dienone is 2. The SMILES string of the molecule is CC12CCC(=O)C=C1CCC1C2[C@@H](O)CC2(C)C1CC[C@]2(O[Si](C)(C)C)C(=O)CSc1nc2ccccc2s1.C[C@H]1CC2(C)C(CC[C@]2(O)C(=O)CSc2nc3ccccc3s2)C2CCC3=CC(=O)CCC3(C)C21. The van der Waals surface area contributed by atoms with Crippen LogP contribution in [-0.2, 0) is 23.6 Å². The summed E-state index contributed by atoms with van der Waals surface area (Å²) in [6, 6.07) is 16.2. The Balaban J connectivity index is 0.000000160. The van der Waals surface area contributed by atoms with Gasteiger partial charge in [-0.3, -0.25) is 19.2 Å². The van der Waals surface area contributed by atoms with Crippen LogP contribution < -0.4 is 0 Å². The number of ketones is 4. The number of hydrogen-bond donors (Lipinski definition) is 2. The maximum absolute atomic E-state index is 14.4. The standard InChI is InChI=1S/C31H41NO4S2Si.C29H35NO3S2/c1-29-14-12-20(33)16-19(29)10-11-21-22-13-15-31(36-39(3,4)5,30(22,2)17-24(34)27(21)29)26(35)18-37-28-32-23-8-6-7-9-25(23)38-28;1-17-15-28(3)21(20-9-8-18-14-19(31)10-12-27(18,2)25(17)20)11-13-29(28,33)24(32)16-34-26-30-22-6-4-5-7-23(22)35-26/h6-9,16,21-22,24,27,34H,10-15,17-18H2,1-5H3;4-7,14,17,20-21,25,33H,8-13,15-16H2,1-3H3/t21?,22?,24-,27?,29?,30?,31-;17-,20?,21?,25?,27?,28?,29-/m00/s1. The molecular formula is C60H76N2O7S4Si. The van der Waals surface area contributed by atoms with Crippen molar-refractivity contribution in [1.82, 2.24) is 9.97 Å². The van der Waals surface area contributed by atoms with Gasteiger partial charge in [-0.05, 0) is 185 Å². The predicted octanol–water partition coefficient (Wildman–Crippen LogP) is 13.5. The van der Waals surface area contributed by atoms with Gasteiger partial charge in [0.25, 0.3) is 0 Å². The Kier molecular flexibility index (Phi) is 13.8. The Morgan fingerprint density at radius 3 is 1.73 bits per heavy atom. The average Bonchev–Trinajstić information content (AvgIpc) is 4.14. The van der Waals surface area contributed by atoms with E-state index < -0.39 is 31.0 Å². The molecule has 0 saturated heterocycles. The lowest BCUT2D eigenvalue weighted by atomic mass is 9.43. The molecule has 6 saturated carbocycles.